The van der Waals surface area contributed by atoms with Crippen LogP contribution in [0.25, 0.3) is 0 Å². The highest BCUT2D eigenvalue weighted by atomic mass is 16.5. The minimum atomic E-state index is 0.0247. The van der Waals surface area contributed by atoms with E-state index < -0.39 is 0 Å². The molecule has 0 atom stereocenters. The molecule has 0 saturated heterocycles. The maximum absolute atomic E-state index is 11.9. The van der Waals surface area contributed by atoms with Crippen molar-refractivity contribution in [2.75, 3.05) is 7.11 Å². The van der Waals surface area contributed by atoms with Crippen LogP contribution in [0.3, 0.4) is 0 Å². The van der Waals surface area contributed by atoms with E-state index in [0.29, 0.717) is 13.0 Å². The molecule has 1 amide bonds. The first-order chi connectivity index (χ1) is 9.67. The molecule has 20 heavy (non-hydrogen) atoms. The van der Waals surface area contributed by atoms with Gasteiger partial charge in [0.2, 0.25) is 5.91 Å². The van der Waals surface area contributed by atoms with Crippen molar-refractivity contribution in [1.29, 1.82) is 0 Å². The first-order valence-corrected chi connectivity index (χ1v) is 6.62. The highest BCUT2D eigenvalue weighted by Gasteiger charge is 2.03. The van der Waals surface area contributed by atoms with Crippen LogP contribution in [-0.2, 0) is 17.8 Å². The highest BCUT2D eigenvalue weighted by molar-refractivity contribution is 5.78. The van der Waals surface area contributed by atoms with Gasteiger partial charge in [0.25, 0.3) is 0 Å². The van der Waals surface area contributed by atoms with Crippen molar-refractivity contribution in [2.45, 2.75) is 19.9 Å². The van der Waals surface area contributed by atoms with E-state index in [2.05, 4.69) is 5.32 Å². The Kier molecular flexibility index (Phi) is 4.77. The Balaban J connectivity index is 1.87. The molecule has 0 radical (unpaired) electrons. The van der Waals surface area contributed by atoms with Crippen LogP contribution in [0, 0.1) is 6.92 Å². The molecular weight excluding hydrogens is 250 g/mol. The molecule has 3 heteroatoms. The van der Waals surface area contributed by atoms with Crippen LogP contribution in [-0.4, -0.2) is 13.0 Å². The van der Waals surface area contributed by atoms with Gasteiger partial charge in [0.05, 0.1) is 13.5 Å². The molecule has 2 rings (SSSR count). The zero-order chi connectivity index (χ0) is 14.4. The van der Waals surface area contributed by atoms with Gasteiger partial charge < -0.3 is 10.1 Å². The van der Waals surface area contributed by atoms with Crippen molar-refractivity contribution in [3.8, 4) is 5.75 Å². The van der Waals surface area contributed by atoms with Gasteiger partial charge >= 0.3 is 0 Å². The van der Waals surface area contributed by atoms with Crippen LogP contribution in [0.1, 0.15) is 16.7 Å². The largest absolute Gasteiger partial charge is 0.497 e. The molecule has 0 bridgehead atoms. The number of carbonyl (C=O) groups is 1. The summed E-state index contributed by atoms with van der Waals surface area (Å²) in [5.74, 6) is 0.826. The minimum Gasteiger partial charge on any atom is -0.497 e. The number of aryl methyl sites for hydroxylation is 1. The molecule has 2 aromatic carbocycles. The van der Waals surface area contributed by atoms with Crippen molar-refractivity contribution >= 4 is 5.91 Å². The fourth-order valence-corrected chi connectivity index (χ4v) is 1.94. The quantitative estimate of drug-likeness (QED) is 0.906. The van der Waals surface area contributed by atoms with Crippen molar-refractivity contribution in [1.82, 2.24) is 5.32 Å². The molecule has 3 nitrogen and oxygen atoms in total. The molecule has 0 saturated carbocycles. The van der Waals surface area contributed by atoms with Crippen molar-refractivity contribution in [2.24, 2.45) is 0 Å². The zero-order valence-electron chi connectivity index (χ0n) is 11.8. The number of nitrogens with one attached hydrogen (secondary N) is 1. The smallest absolute Gasteiger partial charge is 0.224 e. The van der Waals surface area contributed by atoms with Gasteiger partial charge in [0.1, 0.15) is 5.75 Å². The highest BCUT2D eigenvalue weighted by Crippen LogP contribution is 2.12. The van der Waals surface area contributed by atoms with Gasteiger partial charge in [0.15, 0.2) is 0 Å². The van der Waals surface area contributed by atoms with E-state index in [1.165, 1.54) is 5.56 Å². The van der Waals surface area contributed by atoms with Crippen molar-refractivity contribution < 1.29 is 9.53 Å². The Bertz CT molecular complexity index is 576. The Labute approximate surface area is 119 Å². The van der Waals surface area contributed by atoms with Gasteiger partial charge in [0, 0.05) is 6.54 Å². The topological polar surface area (TPSA) is 38.3 Å². The van der Waals surface area contributed by atoms with Gasteiger partial charge in [-0.25, -0.2) is 0 Å². The standard InChI is InChI=1S/C17H19NO2/c1-13-6-8-14(9-7-13)11-17(19)18-12-15-4-3-5-16(10-15)20-2/h3-10H,11-12H2,1-2H3,(H,18,19). The van der Waals surface area contributed by atoms with Crippen molar-refractivity contribution in [3.05, 3.63) is 65.2 Å². The molecule has 0 aromatic heterocycles. The second-order valence-corrected chi connectivity index (χ2v) is 4.79. The number of hydrogen-bond acceptors (Lipinski definition) is 2. The molecule has 2 aromatic rings. The predicted molar refractivity (Wildman–Crippen MR) is 79.7 cm³/mol. The maximum Gasteiger partial charge on any atom is 0.224 e. The van der Waals surface area contributed by atoms with E-state index in [4.69, 9.17) is 4.74 Å². The lowest BCUT2D eigenvalue weighted by atomic mass is 10.1. The van der Waals surface area contributed by atoms with Gasteiger partial charge in [-0.3, -0.25) is 4.79 Å². The van der Waals surface area contributed by atoms with Gasteiger partial charge in [-0.15, -0.1) is 0 Å². The molecule has 0 unspecified atom stereocenters. The second kappa shape index (κ2) is 6.75. The van der Waals surface area contributed by atoms with E-state index in [9.17, 15) is 4.79 Å². The number of benzene rings is 2. The average molecular weight is 269 g/mol. The number of ether oxygens (including phenoxy) is 1. The number of hydrogen-bond donors (Lipinski definition) is 1. The SMILES string of the molecule is COc1cccc(CNC(=O)Cc2ccc(C)cc2)c1. The third-order valence-electron chi connectivity index (χ3n) is 3.11. The first kappa shape index (κ1) is 14.1. The second-order valence-electron chi connectivity index (χ2n) is 4.79. The summed E-state index contributed by atoms with van der Waals surface area (Å²) >= 11 is 0. The maximum atomic E-state index is 11.9. The van der Waals surface area contributed by atoms with Crippen LogP contribution in [0.5, 0.6) is 5.75 Å². The number of methoxy groups -OCH3 is 1. The Morgan fingerprint density at radius 3 is 2.55 bits per heavy atom. The summed E-state index contributed by atoms with van der Waals surface area (Å²) in [5, 5.41) is 2.92. The summed E-state index contributed by atoms with van der Waals surface area (Å²) in [6, 6.07) is 15.7. The molecule has 0 aliphatic carbocycles. The van der Waals surface area contributed by atoms with Crippen LogP contribution in [0.4, 0.5) is 0 Å². The Morgan fingerprint density at radius 1 is 1.10 bits per heavy atom. The summed E-state index contributed by atoms with van der Waals surface area (Å²) in [4.78, 5) is 11.9. The molecule has 1 N–H and O–H groups in total. The fourth-order valence-electron chi connectivity index (χ4n) is 1.94. The molecule has 0 fully saturated rings. The molecule has 0 spiro atoms. The van der Waals surface area contributed by atoms with Gasteiger partial charge in [-0.2, -0.15) is 0 Å². The van der Waals surface area contributed by atoms with E-state index >= 15 is 0 Å². The number of carbonyl (C=O) groups excluding carboxylic acids is 1. The average Bonchev–Trinajstić information content (AvgIpc) is 2.48. The lowest BCUT2D eigenvalue weighted by Gasteiger charge is -2.07. The number of rotatable bonds is 5. The normalized spacial score (nSPS) is 10.1. The summed E-state index contributed by atoms with van der Waals surface area (Å²) in [5.41, 5.74) is 3.26. The van der Waals surface area contributed by atoms with Gasteiger partial charge in [-0.1, -0.05) is 42.0 Å². The van der Waals surface area contributed by atoms with Crippen LogP contribution < -0.4 is 10.1 Å². The third-order valence-corrected chi connectivity index (χ3v) is 3.11. The molecule has 0 heterocycles. The lowest BCUT2D eigenvalue weighted by molar-refractivity contribution is -0.120. The van der Waals surface area contributed by atoms with E-state index in [1.54, 1.807) is 7.11 Å². The molecular formula is C17H19NO2. The van der Waals surface area contributed by atoms with Crippen LogP contribution in [0.2, 0.25) is 0 Å². The summed E-state index contributed by atoms with van der Waals surface area (Å²) in [6.45, 7) is 2.55. The molecule has 0 aliphatic rings. The lowest BCUT2D eigenvalue weighted by Crippen LogP contribution is -2.24. The molecule has 104 valence electrons. The van der Waals surface area contributed by atoms with Crippen molar-refractivity contribution in [3.63, 3.8) is 0 Å². The Morgan fingerprint density at radius 2 is 1.85 bits per heavy atom. The van der Waals surface area contributed by atoms with Crippen LogP contribution >= 0.6 is 0 Å². The fraction of sp³-hybridized carbons (Fsp3) is 0.235. The molecule has 0 aliphatic heterocycles. The third kappa shape index (κ3) is 4.12. The predicted octanol–water partition coefficient (Wildman–Crippen LogP) is 2.86. The van der Waals surface area contributed by atoms with Gasteiger partial charge in [-0.05, 0) is 30.2 Å². The summed E-state index contributed by atoms with van der Waals surface area (Å²) in [7, 11) is 1.63. The monoisotopic (exact) mass is 269 g/mol. The summed E-state index contributed by atoms with van der Waals surface area (Å²) in [6.07, 6.45) is 0.407. The van der Waals surface area contributed by atoms with Crippen LogP contribution in [0.15, 0.2) is 48.5 Å². The first-order valence-electron chi connectivity index (χ1n) is 6.62. The minimum absolute atomic E-state index is 0.0247. The Hall–Kier alpha value is -2.29. The van der Waals surface area contributed by atoms with E-state index in [0.717, 1.165) is 16.9 Å². The van der Waals surface area contributed by atoms with E-state index in [1.807, 2.05) is 55.5 Å². The zero-order valence-corrected chi connectivity index (χ0v) is 11.8. The number of amides is 1. The van der Waals surface area contributed by atoms with E-state index in [-0.39, 0.29) is 5.91 Å². The summed E-state index contributed by atoms with van der Waals surface area (Å²) < 4.78 is 5.16.